The van der Waals surface area contributed by atoms with E-state index in [2.05, 4.69) is 92.2 Å². The number of imidazole rings is 1. The Morgan fingerprint density at radius 3 is 2.26 bits per heavy atom. The first-order valence-corrected chi connectivity index (χ1v) is 10.3. The second kappa shape index (κ2) is 9.03. The van der Waals surface area contributed by atoms with Crippen LogP contribution in [-0.2, 0) is 18.4 Å². The molecule has 2 heteroatoms. The quantitative estimate of drug-likeness (QED) is 0.433. The first kappa shape index (κ1) is 19.4. The SMILES string of the molecule is CCCCC(c1nccn1CC)C(C)(Cc1ccccc1)c1ccccc1. The van der Waals surface area contributed by atoms with Crippen molar-refractivity contribution in [2.45, 2.75) is 64.3 Å². The van der Waals surface area contributed by atoms with Gasteiger partial charge in [0.15, 0.2) is 0 Å². The van der Waals surface area contributed by atoms with Gasteiger partial charge < -0.3 is 4.57 Å². The zero-order chi connectivity index (χ0) is 19.1. The highest BCUT2D eigenvalue weighted by atomic mass is 15.1. The van der Waals surface area contributed by atoms with E-state index in [4.69, 9.17) is 4.98 Å². The third-order valence-corrected chi connectivity index (χ3v) is 5.86. The number of rotatable bonds is 9. The van der Waals surface area contributed by atoms with E-state index in [1.54, 1.807) is 0 Å². The van der Waals surface area contributed by atoms with Gasteiger partial charge in [0.25, 0.3) is 0 Å². The first-order valence-electron chi connectivity index (χ1n) is 10.3. The fourth-order valence-corrected chi connectivity index (χ4v) is 4.30. The summed E-state index contributed by atoms with van der Waals surface area (Å²) in [6.45, 7) is 7.89. The van der Waals surface area contributed by atoms with Crippen molar-refractivity contribution in [3.8, 4) is 0 Å². The van der Waals surface area contributed by atoms with E-state index in [-0.39, 0.29) is 5.41 Å². The van der Waals surface area contributed by atoms with Crippen molar-refractivity contribution in [2.75, 3.05) is 0 Å². The third-order valence-electron chi connectivity index (χ3n) is 5.86. The van der Waals surface area contributed by atoms with E-state index < -0.39 is 0 Å². The fourth-order valence-electron chi connectivity index (χ4n) is 4.30. The lowest BCUT2D eigenvalue weighted by Gasteiger charge is -2.39. The molecule has 0 bridgehead atoms. The Morgan fingerprint density at radius 2 is 1.63 bits per heavy atom. The third kappa shape index (κ3) is 4.32. The molecule has 0 aliphatic carbocycles. The van der Waals surface area contributed by atoms with Crippen LogP contribution >= 0.6 is 0 Å². The largest absolute Gasteiger partial charge is 0.335 e. The molecule has 0 spiro atoms. The molecule has 0 saturated heterocycles. The molecule has 2 nitrogen and oxygen atoms in total. The minimum atomic E-state index is -0.00391. The standard InChI is InChI=1S/C25H32N2/c1-4-6-17-23(24-26-18-19-27(24)5-2)25(3,22-15-11-8-12-16-22)20-21-13-9-7-10-14-21/h7-16,18-19,23H,4-6,17,20H2,1-3H3. The molecule has 142 valence electrons. The molecule has 0 aliphatic rings. The summed E-state index contributed by atoms with van der Waals surface area (Å²) >= 11 is 0. The molecule has 0 saturated carbocycles. The highest BCUT2D eigenvalue weighted by Crippen LogP contribution is 2.44. The average Bonchev–Trinajstić information content (AvgIpc) is 3.18. The van der Waals surface area contributed by atoms with E-state index in [9.17, 15) is 0 Å². The highest BCUT2D eigenvalue weighted by Gasteiger charge is 2.38. The van der Waals surface area contributed by atoms with Crippen LogP contribution in [0.2, 0.25) is 0 Å². The van der Waals surface area contributed by atoms with Gasteiger partial charge in [0.1, 0.15) is 5.82 Å². The predicted molar refractivity (Wildman–Crippen MR) is 114 cm³/mol. The van der Waals surface area contributed by atoms with Gasteiger partial charge in [0.05, 0.1) is 0 Å². The van der Waals surface area contributed by atoms with Crippen molar-refractivity contribution in [3.63, 3.8) is 0 Å². The minimum absolute atomic E-state index is 0.00391. The Bertz CT molecular complexity index is 807. The van der Waals surface area contributed by atoms with E-state index in [1.807, 2.05) is 6.20 Å². The number of aromatic nitrogens is 2. The van der Waals surface area contributed by atoms with Crippen molar-refractivity contribution in [1.29, 1.82) is 0 Å². The Labute approximate surface area is 164 Å². The van der Waals surface area contributed by atoms with E-state index >= 15 is 0 Å². The number of aryl methyl sites for hydroxylation is 1. The maximum atomic E-state index is 4.84. The van der Waals surface area contributed by atoms with Gasteiger partial charge in [0.2, 0.25) is 0 Å². The van der Waals surface area contributed by atoms with Crippen LogP contribution < -0.4 is 0 Å². The van der Waals surface area contributed by atoms with Crippen LogP contribution in [0.1, 0.15) is 62.9 Å². The number of hydrogen-bond acceptors (Lipinski definition) is 1. The molecule has 0 amide bonds. The molecule has 2 unspecified atom stereocenters. The summed E-state index contributed by atoms with van der Waals surface area (Å²) in [5.41, 5.74) is 2.79. The van der Waals surface area contributed by atoms with Gasteiger partial charge in [-0.05, 0) is 30.9 Å². The highest BCUT2D eigenvalue weighted by molar-refractivity contribution is 5.33. The maximum absolute atomic E-state index is 4.84. The lowest BCUT2D eigenvalue weighted by atomic mass is 9.66. The molecule has 0 aliphatic heterocycles. The van der Waals surface area contributed by atoms with Crippen LogP contribution in [0.25, 0.3) is 0 Å². The van der Waals surface area contributed by atoms with Crippen molar-refractivity contribution in [3.05, 3.63) is 90.0 Å². The van der Waals surface area contributed by atoms with Crippen LogP contribution in [-0.4, -0.2) is 9.55 Å². The van der Waals surface area contributed by atoms with Gasteiger partial charge in [-0.1, -0.05) is 87.4 Å². The zero-order valence-electron chi connectivity index (χ0n) is 16.9. The van der Waals surface area contributed by atoms with Gasteiger partial charge in [-0.15, -0.1) is 0 Å². The molecular formula is C25H32N2. The van der Waals surface area contributed by atoms with Crippen molar-refractivity contribution in [2.24, 2.45) is 0 Å². The van der Waals surface area contributed by atoms with Gasteiger partial charge in [0, 0.05) is 30.3 Å². The predicted octanol–water partition coefficient (Wildman–Crippen LogP) is 6.38. The van der Waals surface area contributed by atoms with Gasteiger partial charge in [-0.3, -0.25) is 0 Å². The Morgan fingerprint density at radius 1 is 0.963 bits per heavy atom. The number of hydrogen-bond donors (Lipinski definition) is 0. The van der Waals surface area contributed by atoms with Gasteiger partial charge >= 0.3 is 0 Å². The zero-order valence-corrected chi connectivity index (χ0v) is 16.9. The lowest BCUT2D eigenvalue weighted by Crippen LogP contribution is -2.35. The van der Waals surface area contributed by atoms with Crippen LogP contribution in [0.15, 0.2) is 73.1 Å². The lowest BCUT2D eigenvalue weighted by molar-refractivity contribution is 0.326. The Hall–Kier alpha value is -2.35. The van der Waals surface area contributed by atoms with E-state index in [0.29, 0.717) is 5.92 Å². The second-order valence-corrected chi connectivity index (χ2v) is 7.71. The molecular weight excluding hydrogens is 328 g/mol. The first-order chi connectivity index (χ1) is 13.2. The van der Waals surface area contributed by atoms with Crippen molar-refractivity contribution in [1.82, 2.24) is 9.55 Å². The van der Waals surface area contributed by atoms with Gasteiger partial charge in [-0.25, -0.2) is 4.98 Å². The number of unbranched alkanes of at least 4 members (excludes halogenated alkanes) is 1. The Kier molecular flexibility index (Phi) is 6.49. The molecule has 1 heterocycles. The molecule has 0 fully saturated rings. The van der Waals surface area contributed by atoms with Crippen LogP contribution in [0.5, 0.6) is 0 Å². The van der Waals surface area contributed by atoms with Crippen molar-refractivity contribution < 1.29 is 0 Å². The summed E-state index contributed by atoms with van der Waals surface area (Å²) in [7, 11) is 0. The summed E-state index contributed by atoms with van der Waals surface area (Å²) in [5.74, 6) is 1.61. The van der Waals surface area contributed by atoms with Gasteiger partial charge in [-0.2, -0.15) is 0 Å². The van der Waals surface area contributed by atoms with Crippen LogP contribution in [0, 0.1) is 0 Å². The van der Waals surface area contributed by atoms with E-state index in [1.165, 1.54) is 29.8 Å². The Balaban J connectivity index is 2.10. The maximum Gasteiger partial charge on any atom is 0.112 e. The normalized spacial score (nSPS) is 14.6. The summed E-state index contributed by atoms with van der Waals surface area (Å²) in [6.07, 6.45) is 8.69. The smallest absolute Gasteiger partial charge is 0.112 e. The molecule has 0 radical (unpaired) electrons. The molecule has 2 atom stereocenters. The van der Waals surface area contributed by atoms with E-state index in [0.717, 1.165) is 19.4 Å². The minimum Gasteiger partial charge on any atom is -0.335 e. The molecule has 1 aromatic heterocycles. The fraction of sp³-hybridized carbons (Fsp3) is 0.400. The molecule has 0 N–H and O–H groups in total. The molecule has 3 aromatic rings. The van der Waals surface area contributed by atoms with Crippen LogP contribution in [0.4, 0.5) is 0 Å². The molecule has 27 heavy (non-hydrogen) atoms. The monoisotopic (exact) mass is 360 g/mol. The van der Waals surface area contributed by atoms with Crippen molar-refractivity contribution >= 4 is 0 Å². The molecule has 3 rings (SSSR count). The number of benzene rings is 2. The molecule has 2 aromatic carbocycles. The summed E-state index contributed by atoms with van der Waals surface area (Å²) in [4.78, 5) is 4.84. The topological polar surface area (TPSA) is 17.8 Å². The summed E-state index contributed by atoms with van der Waals surface area (Å²) in [5, 5.41) is 0. The summed E-state index contributed by atoms with van der Waals surface area (Å²) < 4.78 is 2.33. The second-order valence-electron chi connectivity index (χ2n) is 7.71. The number of nitrogens with zero attached hydrogens (tertiary/aromatic N) is 2. The van der Waals surface area contributed by atoms with Crippen LogP contribution in [0.3, 0.4) is 0 Å². The average molecular weight is 361 g/mol. The summed E-state index contributed by atoms with van der Waals surface area (Å²) in [6, 6.07) is 21.9.